The fraction of sp³-hybridized carbons (Fsp3) is 0.667. The molecular weight excluding hydrogens is 240 g/mol. The zero-order valence-electron chi connectivity index (χ0n) is 9.90. The van der Waals surface area contributed by atoms with Crippen LogP contribution in [0.1, 0.15) is 0 Å². The van der Waals surface area contributed by atoms with Crippen LogP contribution in [0, 0.1) is 24.7 Å². The molecule has 0 unspecified atom stereocenters. The molecule has 102 valence electrons. The lowest BCUT2D eigenvalue weighted by atomic mass is 10.0. The van der Waals surface area contributed by atoms with Crippen LogP contribution in [0.15, 0.2) is 0 Å². The van der Waals surface area contributed by atoms with E-state index in [0.717, 1.165) is 0 Å². The molecule has 0 aliphatic heterocycles. The number of hydrogen-bond donors (Lipinski definition) is 4. The summed E-state index contributed by atoms with van der Waals surface area (Å²) in [7, 11) is 0. The van der Waals surface area contributed by atoms with Gasteiger partial charge in [0, 0.05) is 0 Å². The van der Waals surface area contributed by atoms with E-state index < -0.39 is 24.4 Å². The Morgan fingerprint density at radius 2 is 1.11 bits per heavy atom. The summed E-state index contributed by atoms with van der Waals surface area (Å²) in [6.07, 6.45) is 3.97. The number of ether oxygens (including phenoxy) is 2. The van der Waals surface area contributed by atoms with Crippen LogP contribution in [-0.2, 0) is 9.47 Å². The van der Waals surface area contributed by atoms with Crippen molar-refractivity contribution in [1.82, 2.24) is 0 Å². The average molecular weight is 258 g/mol. The number of aliphatic hydroxyl groups is 4. The van der Waals surface area contributed by atoms with Crippen molar-refractivity contribution in [3.05, 3.63) is 0 Å². The zero-order valence-corrected chi connectivity index (χ0v) is 9.90. The first-order chi connectivity index (χ1) is 8.54. The quantitative estimate of drug-likeness (QED) is 0.275. The Labute approximate surface area is 106 Å². The lowest BCUT2D eigenvalue weighted by Crippen LogP contribution is -2.47. The van der Waals surface area contributed by atoms with Gasteiger partial charge in [0.1, 0.15) is 37.6 Å². The van der Waals surface area contributed by atoms with Crippen molar-refractivity contribution in [2.45, 2.75) is 24.4 Å². The lowest BCUT2D eigenvalue weighted by Gasteiger charge is -2.26. The number of terminal acetylenes is 2. The van der Waals surface area contributed by atoms with E-state index in [0.29, 0.717) is 0 Å². The van der Waals surface area contributed by atoms with Gasteiger partial charge < -0.3 is 29.9 Å². The Kier molecular flexibility index (Phi) is 9.25. The molecule has 0 radical (unpaired) electrons. The predicted octanol–water partition coefficient (Wildman–Crippen LogP) is -2.27. The Balaban J connectivity index is 4.02. The van der Waals surface area contributed by atoms with E-state index in [9.17, 15) is 20.4 Å². The van der Waals surface area contributed by atoms with Crippen LogP contribution in [0.5, 0.6) is 0 Å². The minimum Gasteiger partial charge on any atom is -0.388 e. The zero-order chi connectivity index (χ0) is 14.0. The van der Waals surface area contributed by atoms with Gasteiger partial charge in [-0.3, -0.25) is 0 Å². The first-order valence-corrected chi connectivity index (χ1v) is 5.29. The van der Waals surface area contributed by atoms with Crippen molar-refractivity contribution >= 4 is 0 Å². The third-order valence-electron chi connectivity index (χ3n) is 2.09. The summed E-state index contributed by atoms with van der Waals surface area (Å²) in [6.45, 7) is -0.540. The van der Waals surface area contributed by atoms with Crippen LogP contribution in [0.3, 0.4) is 0 Å². The summed E-state index contributed by atoms with van der Waals surface area (Å²) in [4.78, 5) is 0. The molecule has 0 fully saturated rings. The highest BCUT2D eigenvalue weighted by molar-refractivity contribution is 4.85. The van der Waals surface area contributed by atoms with Gasteiger partial charge in [-0.15, -0.1) is 12.8 Å². The van der Waals surface area contributed by atoms with Crippen LogP contribution >= 0.6 is 0 Å². The van der Waals surface area contributed by atoms with Gasteiger partial charge in [0.25, 0.3) is 0 Å². The van der Waals surface area contributed by atoms with E-state index in [1.54, 1.807) is 0 Å². The maximum Gasteiger partial charge on any atom is 0.111 e. The smallest absolute Gasteiger partial charge is 0.111 e. The van der Waals surface area contributed by atoms with Gasteiger partial charge in [-0.25, -0.2) is 0 Å². The highest BCUT2D eigenvalue weighted by Crippen LogP contribution is 2.06. The molecule has 18 heavy (non-hydrogen) atoms. The Hall–Kier alpha value is -1.12. The third-order valence-corrected chi connectivity index (χ3v) is 2.09. The van der Waals surface area contributed by atoms with Crippen LogP contribution in [0.25, 0.3) is 0 Å². The highest BCUT2D eigenvalue weighted by Gasteiger charge is 2.30. The highest BCUT2D eigenvalue weighted by atomic mass is 16.5. The molecule has 0 aliphatic rings. The van der Waals surface area contributed by atoms with E-state index in [4.69, 9.17) is 22.3 Å². The fourth-order valence-corrected chi connectivity index (χ4v) is 1.13. The summed E-state index contributed by atoms with van der Waals surface area (Å²) >= 11 is 0. The van der Waals surface area contributed by atoms with Gasteiger partial charge in [0.05, 0.1) is 13.2 Å². The molecule has 0 heterocycles. The van der Waals surface area contributed by atoms with Gasteiger partial charge in [0.15, 0.2) is 0 Å². The number of aliphatic hydroxyl groups excluding tert-OH is 4. The Morgan fingerprint density at radius 1 is 0.778 bits per heavy atom. The maximum atomic E-state index is 9.52. The van der Waals surface area contributed by atoms with Crippen molar-refractivity contribution < 1.29 is 29.9 Å². The molecule has 0 saturated heterocycles. The second-order valence-electron chi connectivity index (χ2n) is 3.55. The average Bonchev–Trinajstić information content (AvgIpc) is 2.37. The van der Waals surface area contributed by atoms with Crippen molar-refractivity contribution in [1.29, 1.82) is 0 Å². The van der Waals surface area contributed by atoms with Gasteiger partial charge in [-0.05, 0) is 0 Å². The maximum absolute atomic E-state index is 9.52. The molecule has 0 spiro atoms. The van der Waals surface area contributed by atoms with Crippen LogP contribution in [-0.4, -0.2) is 71.3 Å². The second-order valence-corrected chi connectivity index (χ2v) is 3.55. The fourth-order valence-electron chi connectivity index (χ4n) is 1.13. The van der Waals surface area contributed by atoms with Crippen LogP contribution in [0.2, 0.25) is 0 Å². The summed E-state index contributed by atoms with van der Waals surface area (Å²) in [5, 5.41) is 37.9. The van der Waals surface area contributed by atoms with Crippen molar-refractivity contribution in [2.75, 3.05) is 26.4 Å². The summed E-state index contributed by atoms with van der Waals surface area (Å²) in [6, 6.07) is 0. The Morgan fingerprint density at radius 3 is 1.39 bits per heavy atom. The summed E-state index contributed by atoms with van der Waals surface area (Å²) < 4.78 is 9.60. The van der Waals surface area contributed by atoms with Gasteiger partial charge in [0.2, 0.25) is 0 Å². The number of rotatable bonds is 9. The SMILES string of the molecule is C#CCOC[C@@H](O)[C@@H](O)[C@H](O)[C@H](O)COCC#C. The van der Waals surface area contributed by atoms with Crippen molar-refractivity contribution in [3.63, 3.8) is 0 Å². The van der Waals surface area contributed by atoms with Gasteiger partial charge in [-0.2, -0.15) is 0 Å². The minimum absolute atomic E-state index is 0.0201. The predicted molar refractivity (Wildman–Crippen MR) is 63.3 cm³/mol. The lowest BCUT2D eigenvalue weighted by molar-refractivity contribution is -0.131. The van der Waals surface area contributed by atoms with Crippen LogP contribution in [0.4, 0.5) is 0 Å². The molecule has 0 aromatic heterocycles. The van der Waals surface area contributed by atoms with Gasteiger partial charge in [-0.1, -0.05) is 11.8 Å². The van der Waals surface area contributed by atoms with Crippen LogP contribution < -0.4 is 0 Å². The monoisotopic (exact) mass is 258 g/mol. The van der Waals surface area contributed by atoms with Crippen molar-refractivity contribution in [2.24, 2.45) is 0 Å². The van der Waals surface area contributed by atoms with E-state index in [2.05, 4.69) is 11.8 Å². The van der Waals surface area contributed by atoms with E-state index in [-0.39, 0.29) is 26.4 Å². The summed E-state index contributed by atoms with van der Waals surface area (Å²) in [5.74, 6) is 4.37. The second kappa shape index (κ2) is 9.86. The molecular formula is C12H18O6. The standard InChI is InChI=1S/C12H18O6/c1-3-5-17-7-9(13)11(15)12(16)10(14)8-18-6-4-2/h1-2,9-16H,5-8H2/t9-,10-,11-,12-/m1/s1. The molecule has 0 rings (SSSR count). The third kappa shape index (κ3) is 6.58. The summed E-state index contributed by atoms with van der Waals surface area (Å²) in [5.41, 5.74) is 0. The largest absolute Gasteiger partial charge is 0.388 e. The molecule has 0 aromatic carbocycles. The first-order valence-electron chi connectivity index (χ1n) is 5.29. The molecule has 0 saturated carbocycles. The number of hydrogen-bond acceptors (Lipinski definition) is 6. The van der Waals surface area contributed by atoms with Crippen molar-refractivity contribution in [3.8, 4) is 24.7 Å². The molecule has 0 bridgehead atoms. The minimum atomic E-state index is -1.58. The first kappa shape index (κ1) is 16.9. The molecule has 0 amide bonds. The van der Waals surface area contributed by atoms with Gasteiger partial charge >= 0.3 is 0 Å². The molecule has 6 heteroatoms. The molecule has 4 N–H and O–H groups in total. The topological polar surface area (TPSA) is 99.4 Å². The Bertz CT molecular complexity index is 262. The normalized spacial score (nSPS) is 17.2. The van der Waals surface area contributed by atoms with E-state index >= 15 is 0 Å². The molecule has 4 atom stereocenters. The van der Waals surface area contributed by atoms with E-state index in [1.165, 1.54) is 0 Å². The molecule has 0 aliphatic carbocycles. The molecule has 0 aromatic rings. The molecule has 6 nitrogen and oxygen atoms in total. The van der Waals surface area contributed by atoms with E-state index in [1.807, 2.05) is 0 Å².